The number of halogens is 1. The first-order valence-corrected chi connectivity index (χ1v) is 8.19. The van der Waals surface area contributed by atoms with Crippen molar-refractivity contribution in [2.24, 2.45) is 4.99 Å². The van der Waals surface area contributed by atoms with Crippen molar-refractivity contribution in [2.75, 3.05) is 6.54 Å². The summed E-state index contributed by atoms with van der Waals surface area (Å²) in [5, 5.41) is 19.6. The number of fused-ring (bicyclic) bond motifs is 1. The van der Waals surface area contributed by atoms with Crippen molar-refractivity contribution >= 4 is 36.0 Å². The molecule has 0 spiro atoms. The predicted octanol–water partition coefficient (Wildman–Crippen LogP) is 2.77. The maximum Gasteiger partial charge on any atom is 0.328 e. The van der Waals surface area contributed by atoms with Gasteiger partial charge >= 0.3 is 11.9 Å². The van der Waals surface area contributed by atoms with E-state index in [1.807, 2.05) is 18.5 Å². The molecule has 1 atom stereocenters. The van der Waals surface area contributed by atoms with Crippen LogP contribution in [0.2, 0.25) is 5.02 Å². The molecule has 0 bridgehead atoms. The number of nitrogens with one attached hydrogen (secondary N) is 1. The van der Waals surface area contributed by atoms with Crippen LogP contribution >= 0.6 is 11.6 Å². The molecular formula is C18H19ClN2O4. The Bertz CT molecular complexity index is 725. The summed E-state index contributed by atoms with van der Waals surface area (Å²) < 4.78 is 0. The number of rotatable bonds is 4. The summed E-state index contributed by atoms with van der Waals surface area (Å²) in [6, 6.07) is 6.58. The molecule has 3 rings (SSSR count). The molecule has 0 saturated heterocycles. The highest BCUT2D eigenvalue weighted by Gasteiger charge is 2.17. The van der Waals surface area contributed by atoms with Crippen LogP contribution in [-0.2, 0) is 16.0 Å². The first-order valence-electron chi connectivity index (χ1n) is 7.81. The second-order valence-corrected chi connectivity index (χ2v) is 6.08. The number of nitrogens with zero attached hydrogens (tertiary/aromatic N) is 1. The molecule has 7 heteroatoms. The number of aliphatic imine (C=N–C) groups is 1. The van der Waals surface area contributed by atoms with Gasteiger partial charge in [0.05, 0.1) is 12.4 Å². The summed E-state index contributed by atoms with van der Waals surface area (Å²) in [6.07, 6.45) is 8.48. The fourth-order valence-corrected chi connectivity index (χ4v) is 2.91. The van der Waals surface area contributed by atoms with E-state index < -0.39 is 11.9 Å². The van der Waals surface area contributed by atoms with Gasteiger partial charge < -0.3 is 15.5 Å². The van der Waals surface area contributed by atoms with E-state index in [1.54, 1.807) is 0 Å². The van der Waals surface area contributed by atoms with E-state index >= 15 is 0 Å². The molecule has 1 aliphatic carbocycles. The minimum atomic E-state index is -1.26. The van der Waals surface area contributed by atoms with E-state index in [0.29, 0.717) is 18.2 Å². The van der Waals surface area contributed by atoms with Crippen molar-refractivity contribution in [3.05, 3.63) is 52.1 Å². The summed E-state index contributed by atoms with van der Waals surface area (Å²) in [4.78, 5) is 23.5. The third-order valence-electron chi connectivity index (χ3n) is 3.80. The van der Waals surface area contributed by atoms with Crippen LogP contribution in [-0.4, -0.2) is 41.1 Å². The molecule has 1 aromatic rings. The maximum atomic E-state index is 9.55. The minimum absolute atomic E-state index is 0.408. The van der Waals surface area contributed by atoms with Crippen LogP contribution in [0, 0.1) is 0 Å². The van der Waals surface area contributed by atoms with Crippen LogP contribution in [0.1, 0.15) is 24.0 Å². The van der Waals surface area contributed by atoms with Crippen LogP contribution in [0.3, 0.4) is 0 Å². The Hall–Kier alpha value is -2.60. The van der Waals surface area contributed by atoms with Crippen molar-refractivity contribution in [2.45, 2.75) is 25.3 Å². The lowest BCUT2D eigenvalue weighted by molar-refractivity contribution is -0.134. The van der Waals surface area contributed by atoms with Gasteiger partial charge in [-0.2, -0.15) is 0 Å². The fourth-order valence-electron chi connectivity index (χ4n) is 2.66. The second kappa shape index (κ2) is 9.03. The Morgan fingerprint density at radius 1 is 1.24 bits per heavy atom. The monoisotopic (exact) mass is 362 g/mol. The van der Waals surface area contributed by atoms with Crippen molar-refractivity contribution in [3.8, 4) is 0 Å². The molecule has 1 aromatic carbocycles. The smallest absolute Gasteiger partial charge is 0.328 e. The third kappa shape index (κ3) is 6.08. The van der Waals surface area contributed by atoms with E-state index in [1.165, 1.54) is 16.7 Å². The van der Waals surface area contributed by atoms with Crippen molar-refractivity contribution in [1.29, 1.82) is 0 Å². The molecule has 0 saturated carbocycles. The highest BCUT2D eigenvalue weighted by molar-refractivity contribution is 6.32. The normalized spacial score (nSPS) is 18.0. The topological polar surface area (TPSA) is 99.0 Å². The highest BCUT2D eigenvalue weighted by Crippen LogP contribution is 2.31. The van der Waals surface area contributed by atoms with Gasteiger partial charge in [-0.15, -0.1) is 0 Å². The van der Waals surface area contributed by atoms with Gasteiger partial charge in [0.2, 0.25) is 0 Å². The molecule has 1 unspecified atom stereocenters. The Labute approximate surface area is 150 Å². The molecule has 3 N–H and O–H groups in total. The second-order valence-electron chi connectivity index (χ2n) is 5.67. The van der Waals surface area contributed by atoms with Crippen molar-refractivity contribution < 1.29 is 19.8 Å². The largest absolute Gasteiger partial charge is 0.478 e. The van der Waals surface area contributed by atoms with Crippen LogP contribution in [0.15, 0.2) is 40.9 Å². The number of carboxylic acids is 2. The lowest BCUT2D eigenvalue weighted by atomic mass is 9.89. The molecule has 0 radical (unpaired) electrons. The highest BCUT2D eigenvalue weighted by atomic mass is 35.5. The molecule has 25 heavy (non-hydrogen) atoms. The van der Waals surface area contributed by atoms with E-state index in [-0.39, 0.29) is 0 Å². The van der Waals surface area contributed by atoms with Gasteiger partial charge in [-0.25, -0.2) is 9.59 Å². The molecule has 0 amide bonds. The van der Waals surface area contributed by atoms with E-state index in [0.717, 1.165) is 30.8 Å². The van der Waals surface area contributed by atoms with Gasteiger partial charge in [0.15, 0.2) is 0 Å². The zero-order chi connectivity index (χ0) is 18.2. The number of hydrogen-bond acceptors (Lipinski definition) is 4. The fraction of sp³-hybridized carbons (Fsp3) is 0.278. The number of benzene rings is 1. The lowest BCUT2D eigenvalue weighted by Gasteiger charge is -2.18. The Kier molecular flexibility index (Phi) is 6.77. The maximum absolute atomic E-state index is 9.55. The molecular weight excluding hydrogens is 344 g/mol. The van der Waals surface area contributed by atoms with Gasteiger partial charge in [-0.05, 0) is 36.5 Å². The number of carboxylic acid groups (broad SMARTS) is 2. The van der Waals surface area contributed by atoms with Gasteiger partial charge in [-0.3, -0.25) is 4.99 Å². The average Bonchev–Trinajstić information content (AvgIpc) is 3.07. The van der Waals surface area contributed by atoms with Gasteiger partial charge in [0.1, 0.15) is 0 Å². The van der Waals surface area contributed by atoms with Crippen LogP contribution in [0.25, 0.3) is 6.08 Å². The molecule has 1 aliphatic heterocycles. The first-order chi connectivity index (χ1) is 12.0. The van der Waals surface area contributed by atoms with E-state index in [9.17, 15) is 9.59 Å². The predicted molar refractivity (Wildman–Crippen MR) is 97.1 cm³/mol. The van der Waals surface area contributed by atoms with Gasteiger partial charge in [0.25, 0.3) is 0 Å². The zero-order valence-electron chi connectivity index (χ0n) is 13.5. The van der Waals surface area contributed by atoms with Crippen LogP contribution < -0.4 is 5.32 Å². The first kappa shape index (κ1) is 18.7. The van der Waals surface area contributed by atoms with Gasteiger partial charge in [-0.1, -0.05) is 35.4 Å². The summed E-state index contributed by atoms with van der Waals surface area (Å²) in [6.45, 7) is 0.965. The molecule has 2 aliphatic rings. The zero-order valence-corrected chi connectivity index (χ0v) is 14.2. The van der Waals surface area contributed by atoms with E-state index in [4.69, 9.17) is 21.8 Å². The quantitative estimate of drug-likeness (QED) is 0.715. The lowest BCUT2D eigenvalue weighted by Crippen LogP contribution is -2.16. The third-order valence-corrected chi connectivity index (χ3v) is 4.13. The molecule has 6 nitrogen and oxygen atoms in total. The number of aliphatic carboxylic acids is 2. The molecule has 0 fully saturated rings. The summed E-state index contributed by atoms with van der Waals surface area (Å²) >= 11 is 6.24. The number of carbonyl (C=O) groups is 2. The van der Waals surface area contributed by atoms with Crippen LogP contribution in [0.4, 0.5) is 0 Å². The molecule has 0 aromatic heterocycles. The Morgan fingerprint density at radius 2 is 1.96 bits per heavy atom. The van der Waals surface area contributed by atoms with Crippen molar-refractivity contribution in [1.82, 2.24) is 5.32 Å². The van der Waals surface area contributed by atoms with Crippen molar-refractivity contribution in [3.63, 3.8) is 0 Å². The number of hydrogen-bond donors (Lipinski definition) is 3. The van der Waals surface area contributed by atoms with Crippen LogP contribution in [0.5, 0.6) is 0 Å². The number of aryl methyl sites for hydroxylation is 1. The van der Waals surface area contributed by atoms with E-state index in [2.05, 4.69) is 22.5 Å². The molecule has 132 valence electrons. The molecule has 1 heterocycles. The summed E-state index contributed by atoms with van der Waals surface area (Å²) in [7, 11) is 0. The minimum Gasteiger partial charge on any atom is -0.478 e. The summed E-state index contributed by atoms with van der Waals surface area (Å²) in [5.74, 6) is -2.51. The average molecular weight is 363 g/mol. The Morgan fingerprint density at radius 3 is 2.56 bits per heavy atom. The Balaban J connectivity index is 0.000000242. The summed E-state index contributed by atoms with van der Waals surface area (Å²) in [5.41, 5.74) is 4.05. The van der Waals surface area contributed by atoms with Gasteiger partial charge in [0, 0.05) is 23.7 Å². The standard InChI is InChI=1S/C14H15ClN2.C4H4O4/c15-14-3-1-2-11-5-4-10(7-13(11)14)6-12-8-16-9-17-12;5-3(6)1-2-4(7)8/h1-3,7,9,12H,4-6,8H2,(H,16,17);1-2H,(H,5,6)(H,7,8)/b;2-1+. The SMILES string of the molecule is Clc1cccc2c1C=C(CC1CNC=N1)CC2.O=C(O)/C=C/C(=O)O.